The van der Waals surface area contributed by atoms with Crippen molar-refractivity contribution in [3.63, 3.8) is 0 Å². The van der Waals surface area contributed by atoms with E-state index in [2.05, 4.69) is 19.2 Å². The smallest absolute Gasteiger partial charge is 0.391 e. The molecule has 0 aromatic rings. The minimum Gasteiger partial charge on any atom is -0.391 e. The second kappa shape index (κ2) is 44.7. The Hall–Kier alpha value is -0.500. The van der Waals surface area contributed by atoms with Crippen LogP contribution in [0.2, 0.25) is 0 Å². The summed E-state index contributed by atoms with van der Waals surface area (Å²) in [5.41, 5.74) is 0. The van der Waals surface area contributed by atoms with Gasteiger partial charge in [0.25, 0.3) is 0 Å². The van der Waals surface area contributed by atoms with Crippen molar-refractivity contribution in [2.24, 2.45) is 0 Å². The molecule has 0 saturated carbocycles. The molecule has 0 aromatic carbocycles. The zero-order chi connectivity index (χ0) is 45.0. The Labute approximate surface area is 380 Å². The topological polar surface area (TPSA) is 105 Å². The van der Waals surface area contributed by atoms with Crippen LogP contribution in [0.4, 0.5) is 0 Å². The molecule has 3 N–H and O–H groups in total. The molecule has 0 spiro atoms. The fourth-order valence-corrected chi connectivity index (χ4v) is 9.08. The quantitative estimate of drug-likeness (QED) is 0.0319. The number of carbonyl (C=O) groups is 1. The van der Waals surface area contributed by atoms with Crippen molar-refractivity contribution in [1.29, 1.82) is 0 Å². The van der Waals surface area contributed by atoms with E-state index in [4.69, 9.17) is 9.05 Å². The minimum atomic E-state index is -4.31. The lowest BCUT2D eigenvalue weighted by Crippen LogP contribution is -2.46. The normalized spacial score (nSPS) is 14.0. The number of quaternary nitrogens is 1. The highest BCUT2D eigenvalue weighted by atomic mass is 31.2. The van der Waals surface area contributed by atoms with Crippen LogP contribution in [-0.4, -0.2) is 73.4 Å². The van der Waals surface area contributed by atoms with E-state index < -0.39 is 20.0 Å². The first-order valence-electron chi connectivity index (χ1n) is 26.9. The number of unbranched alkanes of at least 4 members (excludes halogenated alkanes) is 37. The van der Waals surface area contributed by atoms with Crippen LogP contribution in [0.3, 0.4) is 0 Å². The zero-order valence-corrected chi connectivity index (χ0v) is 42.6. The molecule has 1 unspecified atom stereocenters. The summed E-state index contributed by atoms with van der Waals surface area (Å²) in [6.45, 7) is 4.91. The standard InChI is InChI=1S/C52H107N2O6P/c1-6-8-10-12-14-16-18-19-20-21-22-23-24-25-26-27-28-29-30-31-32-33-34-35-36-38-40-42-44-46-52(56)53-50(49-60-61(57,58)59-48-47-54(3,4)5)51(55)45-43-41-39-37-17-15-13-11-9-7-2/h50-51,55H,6-49H2,1-5H3,(H-,53,56,57,58)/p+1/t50-,51+/m0/s1. The average molecular weight is 888 g/mol. The lowest BCUT2D eigenvalue weighted by molar-refractivity contribution is -0.870. The van der Waals surface area contributed by atoms with E-state index in [1.54, 1.807) is 0 Å². The molecule has 61 heavy (non-hydrogen) atoms. The number of aliphatic hydroxyl groups excluding tert-OH is 1. The maximum absolute atomic E-state index is 12.9. The van der Waals surface area contributed by atoms with Gasteiger partial charge in [-0.3, -0.25) is 13.8 Å². The van der Waals surface area contributed by atoms with Gasteiger partial charge in [-0.25, -0.2) is 4.57 Å². The molecule has 0 radical (unpaired) electrons. The van der Waals surface area contributed by atoms with Crippen molar-refractivity contribution in [1.82, 2.24) is 5.32 Å². The first kappa shape index (κ1) is 60.5. The van der Waals surface area contributed by atoms with Gasteiger partial charge in [0.1, 0.15) is 13.2 Å². The molecule has 9 heteroatoms. The Kier molecular flexibility index (Phi) is 44.3. The van der Waals surface area contributed by atoms with E-state index in [1.165, 1.54) is 212 Å². The lowest BCUT2D eigenvalue weighted by Gasteiger charge is -2.26. The number of rotatable bonds is 50. The predicted molar refractivity (Wildman–Crippen MR) is 263 cm³/mol. The third kappa shape index (κ3) is 47.3. The van der Waals surface area contributed by atoms with E-state index in [1.807, 2.05) is 21.1 Å². The second-order valence-electron chi connectivity index (χ2n) is 20.0. The molecule has 0 aliphatic rings. The molecule has 8 nitrogen and oxygen atoms in total. The van der Waals surface area contributed by atoms with E-state index in [0.717, 1.165) is 38.5 Å². The molecular weight excluding hydrogens is 780 g/mol. The van der Waals surface area contributed by atoms with Crippen LogP contribution in [0.5, 0.6) is 0 Å². The number of aliphatic hydroxyl groups is 1. The van der Waals surface area contributed by atoms with Crippen LogP contribution >= 0.6 is 7.82 Å². The number of nitrogens with zero attached hydrogens (tertiary/aromatic N) is 1. The molecule has 3 atom stereocenters. The second-order valence-corrected chi connectivity index (χ2v) is 21.4. The molecule has 0 fully saturated rings. The first-order valence-corrected chi connectivity index (χ1v) is 28.4. The van der Waals surface area contributed by atoms with Gasteiger partial charge in [0.05, 0.1) is 39.9 Å². The predicted octanol–water partition coefficient (Wildman–Crippen LogP) is 15.7. The minimum absolute atomic E-state index is 0.0785. The Morgan fingerprint density at radius 1 is 0.492 bits per heavy atom. The maximum Gasteiger partial charge on any atom is 0.472 e. The SMILES string of the molecule is CCCCCCCCCCCCCCCCCCCCCCCCCCCCCCCC(=O)N[C@@H](COP(=O)(O)OCC[N+](C)(C)C)[C@H](O)CCCCCCCCCCCC. The van der Waals surface area contributed by atoms with E-state index >= 15 is 0 Å². The number of phosphoric acid groups is 1. The van der Waals surface area contributed by atoms with Gasteiger partial charge in [-0.1, -0.05) is 258 Å². The van der Waals surface area contributed by atoms with Gasteiger partial charge in [0, 0.05) is 6.42 Å². The maximum atomic E-state index is 12.9. The van der Waals surface area contributed by atoms with Crippen LogP contribution in [0, 0.1) is 0 Å². The Balaban J connectivity index is 3.95. The zero-order valence-electron chi connectivity index (χ0n) is 41.7. The summed E-state index contributed by atoms with van der Waals surface area (Å²) in [4.78, 5) is 23.2. The van der Waals surface area contributed by atoms with Gasteiger partial charge in [0.2, 0.25) is 5.91 Å². The largest absolute Gasteiger partial charge is 0.472 e. The van der Waals surface area contributed by atoms with Gasteiger partial charge in [-0.05, 0) is 12.8 Å². The Bertz CT molecular complexity index is 963. The van der Waals surface area contributed by atoms with Crippen molar-refractivity contribution in [3.05, 3.63) is 0 Å². The molecule has 0 rings (SSSR count). The number of carbonyl (C=O) groups excluding carboxylic acids is 1. The molecule has 1 amide bonds. The van der Waals surface area contributed by atoms with Crippen molar-refractivity contribution in [2.75, 3.05) is 40.9 Å². The summed E-state index contributed by atoms with van der Waals surface area (Å²) in [6, 6.07) is -0.753. The van der Waals surface area contributed by atoms with Crippen LogP contribution in [-0.2, 0) is 18.4 Å². The molecule has 0 heterocycles. The van der Waals surface area contributed by atoms with E-state index in [9.17, 15) is 19.4 Å². The Morgan fingerprint density at radius 3 is 1.10 bits per heavy atom. The number of nitrogens with one attached hydrogen (secondary N) is 1. The van der Waals surface area contributed by atoms with Crippen LogP contribution in [0.1, 0.15) is 277 Å². The fourth-order valence-electron chi connectivity index (χ4n) is 8.34. The van der Waals surface area contributed by atoms with E-state index in [-0.39, 0.29) is 19.1 Å². The molecular formula is C52H108N2O6P+. The highest BCUT2D eigenvalue weighted by Crippen LogP contribution is 2.43. The van der Waals surface area contributed by atoms with Crippen molar-refractivity contribution < 1.29 is 32.9 Å². The summed E-state index contributed by atoms with van der Waals surface area (Å²) in [7, 11) is 1.63. The van der Waals surface area contributed by atoms with Crippen LogP contribution in [0.15, 0.2) is 0 Å². The number of phosphoric ester groups is 1. The van der Waals surface area contributed by atoms with Gasteiger partial charge < -0.3 is 19.8 Å². The van der Waals surface area contributed by atoms with Crippen LogP contribution < -0.4 is 5.32 Å². The van der Waals surface area contributed by atoms with Crippen molar-refractivity contribution >= 4 is 13.7 Å². The van der Waals surface area contributed by atoms with Gasteiger partial charge in [0.15, 0.2) is 0 Å². The molecule has 0 aliphatic carbocycles. The summed E-state index contributed by atoms with van der Waals surface area (Å²) >= 11 is 0. The van der Waals surface area contributed by atoms with Crippen LogP contribution in [0.25, 0.3) is 0 Å². The molecule has 0 aliphatic heterocycles. The first-order chi connectivity index (χ1) is 29.5. The third-order valence-corrected chi connectivity index (χ3v) is 13.6. The number of hydrogen-bond acceptors (Lipinski definition) is 5. The van der Waals surface area contributed by atoms with Gasteiger partial charge in [-0.15, -0.1) is 0 Å². The van der Waals surface area contributed by atoms with E-state index in [0.29, 0.717) is 23.9 Å². The average Bonchev–Trinajstić information content (AvgIpc) is 3.21. The fraction of sp³-hybridized carbons (Fsp3) is 0.981. The summed E-state index contributed by atoms with van der Waals surface area (Å²) < 4.78 is 23.6. The number of hydrogen-bond donors (Lipinski definition) is 3. The number of amides is 1. The Morgan fingerprint density at radius 2 is 0.787 bits per heavy atom. The molecule has 366 valence electrons. The summed E-state index contributed by atoms with van der Waals surface area (Å²) in [6.07, 6.45) is 51.7. The molecule has 0 aromatic heterocycles. The van der Waals surface area contributed by atoms with Gasteiger partial charge in [-0.2, -0.15) is 0 Å². The third-order valence-electron chi connectivity index (χ3n) is 12.6. The highest BCUT2D eigenvalue weighted by Gasteiger charge is 2.28. The highest BCUT2D eigenvalue weighted by molar-refractivity contribution is 7.47. The summed E-state index contributed by atoms with van der Waals surface area (Å²) in [5.74, 6) is -0.139. The van der Waals surface area contributed by atoms with Gasteiger partial charge >= 0.3 is 7.82 Å². The van der Waals surface area contributed by atoms with Crippen molar-refractivity contribution in [2.45, 2.75) is 289 Å². The van der Waals surface area contributed by atoms with Crippen molar-refractivity contribution in [3.8, 4) is 0 Å². The molecule has 0 saturated heterocycles. The summed E-state index contributed by atoms with van der Waals surface area (Å²) in [5, 5.41) is 14.0. The monoisotopic (exact) mass is 888 g/mol. The molecule has 0 bridgehead atoms. The lowest BCUT2D eigenvalue weighted by atomic mass is 10.0. The number of likely N-dealkylation sites (N-methyl/N-ethyl adjacent to an activating group) is 1.